The van der Waals surface area contributed by atoms with Crippen molar-refractivity contribution in [1.29, 1.82) is 0 Å². The van der Waals surface area contributed by atoms with Crippen molar-refractivity contribution >= 4 is 23.8 Å². The molecule has 0 aromatic heterocycles. The van der Waals surface area contributed by atoms with Gasteiger partial charge in [-0.05, 0) is 6.92 Å². The summed E-state index contributed by atoms with van der Waals surface area (Å²) >= 11 is 1.23. The summed E-state index contributed by atoms with van der Waals surface area (Å²) in [5.74, 6) is -0.376. The lowest BCUT2D eigenvalue weighted by atomic mass is 10.5. The Balaban J connectivity index is 3.56. The van der Waals surface area contributed by atoms with Gasteiger partial charge in [0.1, 0.15) is 0 Å². The molecule has 1 unspecified atom stereocenters. The summed E-state index contributed by atoms with van der Waals surface area (Å²) in [6, 6.07) is 0. The second-order valence-electron chi connectivity index (χ2n) is 2.56. The Hall–Kier alpha value is -0.910. The van der Waals surface area contributed by atoms with Crippen LogP contribution < -0.4 is 0 Å². The monoisotopic (exact) mass is 207 g/mol. The molecular weight excluding hydrogens is 194 g/mol. The number of rotatable bonds is 5. The Morgan fingerprint density at radius 2 is 2.00 bits per heavy atom. The zero-order valence-electron chi connectivity index (χ0n) is 7.56. The van der Waals surface area contributed by atoms with Crippen molar-refractivity contribution in [2.45, 2.75) is 12.2 Å². The highest BCUT2D eigenvalue weighted by atomic mass is 32.2. The number of carboxylic acids is 1. The maximum absolute atomic E-state index is 10.4. The highest BCUT2D eigenvalue weighted by Crippen LogP contribution is 2.09. The van der Waals surface area contributed by atoms with Gasteiger partial charge in [-0.15, -0.1) is 11.8 Å². The van der Waals surface area contributed by atoms with Crippen LogP contribution in [0.4, 0.5) is 4.79 Å². The van der Waals surface area contributed by atoms with Crippen molar-refractivity contribution in [2.75, 3.05) is 19.3 Å². The second-order valence-corrected chi connectivity index (χ2v) is 4.00. The Bertz CT molecular complexity index is 177. The van der Waals surface area contributed by atoms with Crippen LogP contribution in [0.15, 0.2) is 0 Å². The largest absolute Gasteiger partial charge is 0.480 e. The first kappa shape index (κ1) is 12.1. The molecule has 0 bridgehead atoms. The number of carboxylic acid groups (broad SMARTS) is 2. The zero-order chi connectivity index (χ0) is 10.4. The number of amides is 1. The number of carbonyl (C=O) groups is 2. The Morgan fingerprint density at radius 3 is 2.38 bits per heavy atom. The maximum atomic E-state index is 10.4. The van der Waals surface area contributed by atoms with E-state index in [-0.39, 0.29) is 0 Å². The molecule has 1 amide bonds. The van der Waals surface area contributed by atoms with Crippen LogP contribution in [0.25, 0.3) is 0 Å². The van der Waals surface area contributed by atoms with Crippen LogP contribution in [-0.4, -0.2) is 51.8 Å². The first-order valence-electron chi connectivity index (χ1n) is 3.73. The first-order valence-corrected chi connectivity index (χ1v) is 4.78. The fraction of sp³-hybridized carbons (Fsp3) is 0.714. The van der Waals surface area contributed by atoms with Gasteiger partial charge in [0.05, 0.1) is 5.25 Å². The molecule has 0 aromatic carbocycles. The van der Waals surface area contributed by atoms with Crippen LogP contribution in [0.1, 0.15) is 6.92 Å². The molecule has 0 aliphatic rings. The summed E-state index contributed by atoms with van der Waals surface area (Å²) in [6.45, 7) is 1.92. The van der Waals surface area contributed by atoms with E-state index in [4.69, 9.17) is 10.2 Å². The van der Waals surface area contributed by atoms with Crippen molar-refractivity contribution in [3.05, 3.63) is 0 Å². The number of hydrogen-bond acceptors (Lipinski definition) is 3. The van der Waals surface area contributed by atoms with Crippen LogP contribution in [0, 0.1) is 0 Å². The topological polar surface area (TPSA) is 77.8 Å². The summed E-state index contributed by atoms with van der Waals surface area (Å²) in [5, 5.41) is 16.5. The van der Waals surface area contributed by atoms with Crippen LogP contribution in [0.3, 0.4) is 0 Å². The van der Waals surface area contributed by atoms with Gasteiger partial charge < -0.3 is 15.1 Å². The maximum Gasteiger partial charge on any atom is 0.407 e. The summed E-state index contributed by atoms with van der Waals surface area (Å²) < 4.78 is 0. The van der Waals surface area contributed by atoms with E-state index in [0.29, 0.717) is 12.3 Å². The fourth-order valence-corrected chi connectivity index (χ4v) is 1.41. The summed E-state index contributed by atoms with van der Waals surface area (Å²) in [7, 11) is 1.45. The Kier molecular flexibility index (Phi) is 5.29. The van der Waals surface area contributed by atoms with Gasteiger partial charge in [0, 0.05) is 19.3 Å². The van der Waals surface area contributed by atoms with E-state index in [1.807, 2.05) is 0 Å². The minimum absolute atomic E-state index is 0.345. The van der Waals surface area contributed by atoms with Gasteiger partial charge in [-0.2, -0.15) is 0 Å². The fourth-order valence-electron chi connectivity index (χ4n) is 0.533. The van der Waals surface area contributed by atoms with E-state index < -0.39 is 17.3 Å². The van der Waals surface area contributed by atoms with E-state index in [1.165, 1.54) is 18.8 Å². The molecule has 13 heavy (non-hydrogen) atoms. The van der Waals surface area contributed by atoms with E-state index in [9.17, 15) is 9.59 Å². The molecular formula is C7H13NO4S. The molecule has 1 atom stereocenters. The normalized spacial score (nSPS) is 12.2. The van der Waals surface area contributed by atoms with Crippen LogP contribution in [-0.2, 0) is 4.79 Å². The van der Waals surface area contributed by atoms with Crippen LogP contribution in [0.2, 0.25) is 0 Å². The summed E-state index contributed by atoms with van der Waals surface area (Å²) in [5.41, 5.74) is 0. The molecule has 0 aromatic rings. The molecule has 0 radical (unpaired) electrons. The molecule has 0 heterocycles. The third-order valence-electron chi connectivity index (χ3n) is 1.47. The van der Waals surface area contributed by atoms with Gasteiger partial charge in [0.25, 0.3) is 0 Å². The average molecular weight is 207 g/mol. The predicted octanol–water partition coefficient (Wildman–Crippen LogP) is 0.802. The predicted molar refractivity (Wildman–Crippen MR) is 50.2 cm³/mol. The second kappa shape index (κ2) is 5.69. The van der Waals surface area contributed by atoms with Crippen molar-refractivity contribution in [3.63, 3.8) is 0 Å². The molecule has 76 valence electrons. The van der Waals surface area contributed by atoms with Gasteiger partial charge in [0.2, 0.25) is 0 Å². The van der Waals surface area contributed by atoms with Gasteiger partial charge in [-0.25, -0.2) is 4.79 Å². The molecule has 0 spiro atoms. The average Bonchev–Trinajstić information content (AvgIpc) is 2.03. The van der Waals surface area contributed by atoms with Gasteiger partial charge in [0.15, 0.2) is 0 Å². The first-order chi connectivity index (χ1) is 5.95. The van der Waals surface area contributed by atoms with Crippen molar-refractivity contribution in [3.8, 4) is 0 Å². The van der Waals surface area contributed by atoms with Gasteiger partial charge in [-0.3, -0.25) is 4.79 Å². The number of thioether (sulfide) groups is 1. The molecule has 0 aliphatic heterocycles. The molecule has 0 rings (SSSR count). The van der Waals surface area contributed by atoms with Crippen molar-refractivity contribution in [2.24, 2.45) is 0 Å². The molecule has 0 saturated heterocycles. The molecule has 5 nitrogen and oxygen atoms in total. The van der Waals surface area contributed by atoms with Gasteiger partial charge >= 0.3 is 12.1 Å². The lowest BCUT2D eigenvalue weighted by Crippen LogP contribution is -2.27. The number of nitrogens with zero attached hydrogens (tertiary/aromatic N) is 1. The third kappa shape index (κ3) is 5.35. The molecule has 0 saturated carbocycles. The highest BCUT2D eigenvalue weighted by molar-refractivity contribution is 8.00. The van der Waals surface area contributed by atoms with Crippen LogP contribution in [0.5, 0.6) is 0 Å². The molecule has 0 aliphatic carbocycles. The third-order valence-corrected chi connectivity index (χ3v) is 2.59. The minimum Gasteiger partial charge on any atom is -0.480 e. The standard InChI is InChI=1S/C7H13NO4S/c1-5(6(9)10)13-4-3-8(2)7(11)12/h5H,3-4H2,1-2H3,(H,9,10)(H,11,12). The number of hydrogen-bond donors (Lipinski definition) is 2. The summed E-state index contributed by atoms with van der Waals surface area (Å²) in [4.78, 5) is 21.8. The smallest absolute Gasteiger partial charge is 0.407 e. The molecule has 0 fully saturated rings. The highest BCUT2D eigenvalue weighted by Gasteiger charge is 2.12. The molecule has 6 heteroatoms. The lowest BCUT2D eigenvalue weighted by molar-refractivity contribution is -0.136. The van der Waals surface area contributed by atoms with E-state index in [0.717, 1.165) is 4.90 Å². The number of aliphatic carboxylic acids is 1. The lowest BCUT2D eigenvalue weighted by Gasteiger charge is -2.13. The SMILES string of the molecule is CC(SCCN(C)C(=O)O)C(=O)O. The quantitative estimate of drug-likeness (QED) is 0.697. The van der Waals surface area contributed by atoms with Crippen molar-refractivity contribution < 1.29 is 19.8 Å². The van der Waals surface area contributed by atoms with Crippen molar-refractivity contribution in [1.82, 2.24) is 4.90 Å². The molecule has 2 N–H and O–H groups in total. The van der Waals surface area contributed by atoms with Crippen LogP contribution >= 0.6 is 11.8 Å². The Labute approximate surface area is 80.7 Å². The summed E-state index contributed by atoms with van der Waals surface area (Å²) in [6.07, 6.45) is -0.997. The van der Waals surface area contributed by atoms with E-state index in [1.54, 1.807) is 6.92 Å². The zero-order valence-corrected chi connectivity index (χ0v) is 8.37. The van der Waals surface area contributed by atoms with E-state index in [2.05, 4.69) is 0 Å². The van der Waals surface area contributed by atoms with E-state index >= 15 is 0 Å². The van der Waals surface area contributed by atoms with Gasteiger partial charge in [-0.1, -0.05) is 0 Å². The Morgan fingerprint density at radius 1 is 1.46 bits per heavy atom. The minimum atomic E-state index is -0.997.